The van der Waals surface area contributed by atoms with Gasteiger partial charge in [-0.1, -0.05) is 0 Å². The SMILES string of the molecule is CCOC(=O)CN(C)C#N.CCOC(=O)CN(C)c1noc(=O)[nH]1. The summed E-state index contributed by atoms with van der Waals surface area (Å²) in [5.41, 5.74) is 0. The number of ether oxygens (including phenoxy) is 2. The molecule has 0 bridgehead atoms. The molecule has 1 aromatic rings. The lowest BCUT2D eigenvalue weighted by atomic mass is 10.6. The number of rotatable bonds is 7. The maximum absolute atomic E-state index is 11.0. The van der Waals surface area contributed by atoms with Crippen LogP contribution in [0.5, 0.6) is 0 Å². The molecule has 0 saturated heterocycles. The molecule has 0 spiro atoms. The Kier molecular flexibility index (Phi) is 10.1. The van der Waals surface area contributed by atoms with Crippen LogP contribution in [0.4, 0.5) is 5.95 Å². The largest absolute Gasteiger partial charge is 0.465 e. The lowest BCUT2D eigenvalue weighted by Gasteiger charge is -2.12. The summed E-state index contributed by atoms with van der Waals surface area (Å²) in [5, 5.41) is 11.6. The molecule has 0 aliphatic rings. The van der Waals surface area contributed by atoms with Crippen LogP contribution < -0.4 is 10.7 Å². The van der Waals surface area contributed by atoms with E-state index in [2.05, 4.69) is 19.4 Å². The molecule has 1 rings (SSSR count). The van der Waals surface area contributed by atoms with Gasteiger partial charge in [0.1, 0.15) is 13.1 Å². The maximum Gasteiger partial charge on any atom is 0.440 e. The van der Waals surface area contributed by atoms with Crippen LogP contribution in [0.2, 0.25) is 0 Å². The van der Waals surface area contributed by atoms with Gasteiger partial charge < -0.3 is 19.3 Å². The molecule has 0 aromatic carbocycles. The summed E-state index contributed by atoms with van der Waals surface area (Å²) in [6.07, 6.45) is 1.79. The number of carbonyl (C=O) groups is 2. The Bertz CT molecular complexity index is 604. The Morgan fingerprint density at radius 1 is 1.21 bits per heavy atom. The van der Waals surface area contributed by atoms with Gasteiger partial charge in [-0.05, 0) is 19.0 Å². The molecule has 0 aliphatic carbocycles. The van der Waals surface area contributed by atoms with Crippen LogP contribution in [-0.2, 0) is 19.1 Å². The van der Waals surface area contributed by atoms with Crippen molar-refractivity contribution in [3.05, 3.63) is 10.6 Å². The zero-order chi connectivity index (χ0) is 18.5. The minimum Gasteiger partial charge on any atom is -0.465 e. The number of nitrogens with zero attached hydrogens (tertiary/aromatic N) is 4. The minimum absolute atomic E-state index is 0.0102. The fourth-order valence-corrected chi connectivity index (χ4v) is 1.30. The Morgan fingerprint density at radius 2 is 1.75 bits per heavy atom. The molecule has 0 radical (unpaired) electrons. The zero-order valence-electron chi connectivity index (χ0n) is 14.1. The standard InChI is InChI=1S/C7H11N3O4.C6H10N2O2/c1-3-13-5(11)4-10(2)6-8-7(12)14-9-6;1-3-10-6(9)4-8(2)5-7/h3-4H2,1-2H3,(H,8,9,12);3-4H2,1-2H3. The number of aromatic amines is 1. The molecule has 0 atom stereocenters. The van der Waals surface area contributed by atoms with E-state index >= 15 is 0 Å². The fourth-order valence-electron chi connectivity index (χ4n) is 1.30. The molecule has 24 heavy (non-hydrogen) atoms. The van der Waals surface area contributed by atoms with Crippen molar-refractivity contribution in [2.45, 2.75) is 13.8 Å². The van der Waals surface area contributed by atoms with Gasteiger partial charge in [0.25, 0.3) is 0 Å². The van der Waals surface area contributed by atoms with Gasteiger partial charge in [-0.3, -0.25) is 19.1 Å². The minimum atomic E-state index is -0.657. The molecule has 11 nitrogen and oxygen atoms in total. The van der Waals surface area contributed by atoms with Crippen molar-refractivity contribution in [1.82, 2.24) is 15.0 Å². The molecule has 0 amide bonds. The maximum atomic E-state index is 11.0. The average Bonchev–Trinajstić information content (AvgIpc) is 2.95. The van der Waals surface area contributed by atoms with E-state index in [0.717, 1.165) is 0 Å². The third kappa shape index (κ3) is 9.08. The van der Waals surface area contributed by atoms with Crippen LogP contribution in [0.3, 0.4) is 0 Å². The lowest BCUT2D eigenvalue weighted by Crippen LogP contribution is -2.28. The molecule has 11 heteroatoms. The van der Waals surface area contributed by atoms with Crippen molar-refractivity contribution in [1.29, 1.82) is 5.26 Å². The number of nitriles is 1. The second kappa shape index (κ2) is 11.5. The first-order valence-electron chi connectivity index (χ1n) is 7.03. The predicted octanol–water partition coefficient (Wildman–Crippen LogP) is -0.675. The second-order valence-electron chi connectivity index (χ2n) is 4.34. The first-order valence-corrected chi connectivity index (χ1v) is 7.03. The number of anilines is 1. The summed E-state index contributed by atoms with van der Waals surface area (Å²) < 4.78 is 13.6. The Hall–Kier alpha value is -3.03. The molecule has 0 aliphatic heterocycles. The number of aromatic nitrogens is 2. The highest BCUT2D eigenvalue weighted by molar-refractivity contribution is 5.74. The Morgan fingerprint density at radius 3 is 2.17 bits per heavy atom. The Labute approximate surface area is 138 Å². The number of carbonyl (C=O) groups excluding carboxylic acids is 2. The average molecular weight is 343 g/mol. The van der Waals surface area contributed by atoms with E-state index < -0.39 is 5.76 Å². The van der Waals surface area contributed by atoms with Crippen LogP contribution in [0.15, 0.2) is 9.32 Å². The first-order chi connectivity index (χ1) is 11.3. The molecule has 1 heterocycles. The highest BCUT2D eigenvalue weighted by Gasteiger charge is 2.11. The highest BCUT2D eigenvalue weighted by Crippen LogP contribution is 1.99. The van der Waals surface area contributed by atoms with Gasteiger partial charge in [0.2, 0.25) is 5.95 Å². The van der Waals surface area contributed by atoms with Gasteiger partial charge in [0.15, 0.2) is 6.19 Å². The van der Waals surface area contributed by atoms with Gasteiger partial charge in [-0.15, -0.1) is 0 Å². The van der Waals surface area contributed by atoms with E-state index in [0.29, 0.717) is 13.2 Å². The zero-order valence-corrected chi connectivity index (χ0v) is 14.1. The predicted molar refractivity (Wildman–Crippen MR) is 81.9 cm³/mol. The smallest absolute Gasteiger partial charge is 0.440 e. The number of hydrogen-bond donors (Lipinski definition) is 1. The summed E-state index contributed by atoms with van der Waals surface area (Å²) in [4.78, 5) is 37.1. The summed E-state index contributed by atoms with van der Waals surface area (Å²) in [6, 6.07) is 0. The van der Waals surface area contributed by atoms with Crippen molar-refractivity contribution in [2.24, 2.45) is 0 Å². The molecule has 1 aromatic heterocycles. The fraction of sp³-hybridized carbons (Fsp3) is 0.615. The quantitative estimate of drug-likeness (QED) is 0.384. The third-order valence-corrected chi connectivity index (χ3v) is 2.30. The Balaban J connectivity index is 0.000000470. The lowest BCUT2D eigenvalue weighted by molar-refractivity contribution is -0.143. The third-order valence-electron chi connectivity index (χ3n) is 2.30. The van der Waals surface area contributed by atoms with E-state index in [1.54, 1.807) is 27.1 Å². The number of esters is 2. The summed E-state index contributed by atoms with van der Waals surface area (Å²) in [7, 11) is 3.11. The van der Waals surface area contributed by atoms with Crippen LogP contribution in [0, 0.1) is 11.5 Å². The van der Waals surface area contributed by atoms with Gasteiger partial charge in [0.05, 0.1) is 13.2 Å². The first kappa shape index (κ1) is 21.0. The van der Waals surface area contributed by atoms with E-state index in [-0.39, 0.29) is 31.0 Å². The number of H-pyrrole nitrogens is 1. The molecule has 134 valence electrons. The molecule has 0 fully saturated rings. The van der Waals surface area contributed by atoms with Gasteiger partial charge in [0, 0.05) is 14.1 Å². The van der Waals surface area contributed by atoms with Crippen LogP contribution in [0.25, 0.3) is 0 Å². The summed E-state index contributed by atoms with van der Waals surface area (Å²) in [5.74, 6) is -1.22. The van der Waals surface area contributed by atoms with E-state index in [1.165, 1.54) is 16.8 Å². The van der Waals surface area contributed by atoms with Crippen LogP contribution >= 0.6 is 0 Å². The van der Waals surface area contributed by atoms with Crippen molar-refractivity contribution in [3.63, 3.8) is 0 Å². The van der Waals surface area contributed by atoms with Gasteiger partial charge in [-0.2, -0.15) is 5.26 Å². The van der Waals surface area contributed by atoms with E-state index in [9.17, 15) is 14.4 Å². The number of likely N-dealkylation sites (N-methyl/N-ethyl adjacent to an activating group) is 2. The van der Waals surface area contributed by atoms with Crippen molar-refractivity contribution in [3.8, 4) is 6.19 Å². The van der Waals surface area contributed by atoms with E-state index in [4.69, 9.17) is 10.00 Å². The van der Waals surface area contributed by atoms with Crippen molar-refractivity contribution >= 4 is 17.9 Å². The normalized spacial score (nSPS) is 9.12. The van der Waals surface area contributed by atoms with Crippen LogP contribution in [-0.4, -0.2) is 67.4 Å². The van der Waals surface area contributed by atoms with Gasteiger partial charge >= 0.3 is 17.7 Å². The van der Waals surface area contributed by atoms with Gasteiger partial charge in [-0.25, -0.2) is 4.79 Å². The monoisotopic (exact) mass is 343 g/mol. The van der Waals surface area contributed by atoms with E-state index in [1.807, 2.05) is 0 Å². The molecule has 0 unspecified atom stereocenters. The molecule has 1 N–H and O–H groups in total. The van der Waals surface area contributed by atoms with Crippen LogP contribution in [0.1, 0.15) is 13.8 Å². The second-order valence-corrected chi connectivity index (χ2v) is 4.34. The molecule has 0 saturated carbocycles. The summed E-state index contributed by atoms with van der Waals surface area (Å²) >= 11 is 0. The number of hydrogen-bond acceptors (Lipinski definition) is 10. The molecular formula is C13H21N5O6. The highest BCUT2D eigenvalue weighted by atomic mass is 16.5. The molecular weight excluding hydrogens is 322 g/mol. The summed E-state index contributed by atoms with van der Waals surface area (Å²) in [6.45, 7) is 4.17. The van der Waals surface area contributed by atoms with Crippen molar-refractivity contribution in [2.75, 3.05) is 45.3 Å². The topological polar surface area (TPSA) is 142 Å². The number of nitrogens with one attached hydrogen (secondary N) is 1. The van der Waals surface area contributed by atoms with Crippen molar-refractivity contribution < 1.29 is 23.6 Å².